The molecule has 0 saturated heterocycles. The number of carbonyl (C=O) groups is 1. The van der Waals surface area contributed by atoms with E-state index in [4.69, 9.17) is 17.3 Å². The van der Waals surface area contributed by atoms with Crippen LogP contribution in [-0.2, 0) is 6.54 Å². The Hall–Kier alpha value is -3.56. The molecule has 145 valence electrons. The number of aromatic nitrogens is 1. The minimum absolute atomic E-state index is 0.438. The van der Waals surface area contributed by atoms with Gasteiger partial charge >= 0.3 is 0 Å². The predicted octanol–water partition coefficient (Wildman–Crippen LogP) is 6.06. The van der Waals surface area contributed by atoms with E-state index in [9.17, 15) is 4.79 Å². The third kappa shape index (κ3) is 3.14. The molecule has 0 bridgehead atoms. The van der Waals surface area contributed by atoms with Gasteiger partial charge in [0, 0.05) is 27.9 Å². The van der Waals surface area contributed by atoms with Gasteiger partial charge in [-0.3, -0.25) is 4.79 Å². The van der Waals surface area contributed by atoms with E-state index in [0.717, 1.165) is 38.5 Å². The molecule has 0 saturated carbocycles. The highest BCUT2D eigenvalue weighted by Crippen LogP contribution is 2.34. The lowest BCUT2D eigenvalue weighted by atomic mass is 10.0. The fourth-order valence-corrected chi connectivity index (χ4v) is 4.13. The SMILES string of the molecule is NC(=O)c1cccc2c1c1[c]cc(-c3ccccc3)cc1n2Cc1ccc(Cl)cc1. The molecule has 0 aliphatic rings. The summed E-state index contributed by atoms with van der Waals surface area (Å²) in [5.74, 6) is -0.438. The van der Waals surface area contributed by atoms with Crippen molar-refractivity contribution in [3.8, 4) is 11.1 Å². The van der Waals surface area contributed by atoms with Gasteiger partial charge < -0.3 is 10.3 Å². The molecular weight excluding hydrogens is 392 g/mol. The summed E-state index contributed by atoms with van der Waals surface area (Å²) in [5.41, 5.74) is 11.5. The van der Waals surface area contributed by atoms with Crippen LogP contribution in [0.1, 0.15) is 15.9 Å². The maximum atomic E-state index is 12.1. The molecule has 5 rings (SSSR count). The Kier molecular flexibility index (Phi) is 4.53. The largest absolute Gasteiger partial charge is 0.366 e. The summed E-state index contributed by atoms with van der Waals surface area (Å²) >= 11 is 6.06. The molecule has 0 aliphatic carbocycles. The minimum Gasteiger partial charge on any atom is -0.366 e. The van der Waals surface area contributed by atoms with Crippen LogP contribution in [0.5, 0.6) is 0 Å². The quantitative estimate of drug-likeness (QED) is 0.385. The van der Waals surface area contributed by atoms with Gasteiger partial charge in [-0.05, 0) is 59.2 Å². The number of hydrogen-bond acceptors (Lipinski definition) is 1. The second kappa shape index (κ2) is 7.36. The van der Waals surface area contributed by atoms with Gasteiger partial charge in [0.25, 0.3) is 0 Å². The first-order valence-electron chi connectivity index (χ1n) is 9.68. The average molecular weight is 410 g/mol. The summed E-state index contributed by atoms with van der Waals surface area (Å²) in [7, 11) is 0. The van der Waals surface area contributed by atoms with Crippen molar-refractivity contribution in [2.24, 2.45) is 5.73 Å². The number of benzene rings is 4. The molecule has 0 spiro atoms. The summed E-state index contributed by atoms with van der Waals surface area (Å²) < 4.78 is 2.21. The Balaban J connectivity index is 1.80. The van der Waals surface area contributed by atoms with Crippen LogP contribution in [0.4, 0.5) is 0 Å². The lowest BCUT2D eigenvalue weighted by Gasteiger charge is -2.09. The van der Waals surface area contributed by atoms with E-state index in [1.54, 1.807) is 6.07 Å². The Labute approximate surface area is 179 Å². The lowest BCUT2D eigenvalue weighted by Crippen LogP contribution is -2.11. The molecular formula is C26H18ClN2O. The standard InChI is InChI=1S/C26H18ClN2O/c27-20-12-9-17(10-13-20)16-29-23-8-4-7-22(26(28)30)25(23)21-14-11-19(15-24(21)29)18-5-2-1-3-6-18/h1-13,15H,16H2,(H2,28,30). The summed E-state index contributed by atoms with van der Waals surface area (Å²) in [5, 5.41) is 2.44. The molecule has 0 fully saturated rings. The van der Waals surface area contributed by atoms with Gasteiger partial charge in [0.05, 0.1) is 11.0 Å². The van der Waals surface area contributed by atoms with E-state index in [-0.39, 0.29) is 0 Å². The molecule has 1 heterocycles. The molecule has 0 unspecified atom stereocenters. The average Bonchev–Trinajstić information content (AvgIpc) is 3.09. The number of fused-ring (bicyclic) bond motifs is 3. The lowest BCUT2D eigenvalue weighted by molar-refractivity contribution is 0.100. The Bertz CT molecular complexity index is 1390. The Morgan fingerprint density at radius 2 is 1.67 bits per heavy atom. The molecule has 0 aliphatic heterocycles. The second-order valence-electron chi connectivity index (χ2n) is 7.29. The van der Waals surface area contributed by atoms with E-state index < -0.39 is 5.91 Å². The number of primary amides is 1. The van der Waals surface area contributed by atoms with Gasteiger partial charge in [-0.1, -0.05) is 60.1 Å². The van der Waals surface area contributed by atoms with E-state index in [1.165, 1.54) is 0 Å². The van der Waals surface area contributed by atoms with Gasteiger partial charge in [0.2, 0.25) is 5.91 Å². The van der Waals surface area contributed by atoms with Crippen molar-refractivity contribution in [1.82, 2.24) is 4.57 Å². The molecule has 1 aromatic heterocycles. The van der Waals surface area contributed by atoms with Crippen molar-refractivity contribution >= 4 is 39.3 Å². The number of amides is 1. The Morgan fingerprint density at radius 3 is 2.40 bits per heavy atom. The van der Waals surface area contributed by atoms with Crippen LogP contribution < -0.4 is 5.73 Å². The van der Waals surface area contributed by atoms with E-state index in [0.29, 0.717) is 17.1 Å². The zero-order valence-corrected chi connectivity index (χ0v) is 16.9. The zero-order valence-electron chi connectivity index (χ0n) is 16.1. The highest BCUT2D eigenvalue weighted by Gasteiger charge is 2.17. The van der Waals surface area contributed by atoms with Crippen molar-refractivity contribution in [2.45, 2.75) is 6.54 Å². The summed E-state index contributed by atoms with van der Waals surface area (Å²) in [4.78, 5) is 12.1. The van der Waals surface area contributed by atoms with Crippen molar-refractivity contribution in [1.29, 1.82) is 0 Å². The van der Waals surface area contributed by atoms with Gasteiger partial charge in [-0.2, -0.15) is 0 Å². The summed E-state index contributed by atoms with van der Waals surface area (Å²) in [6.45, 7) is 0.644. The Morgan fingerprint density at radius 1 is 0.900 bits per heavy atom. The smallest absolute Gasteiger partial charge is 0.249 e. The zero-order chi connectivity index (χ0) is 20.7. The van der Waals surface area contributed by atoms with Crippen LogP contribution in [0, 0.1) is 6.07 Å². The first-order chi connectivity index (χ1) is 14.6. The fraction of sp³-hybridized carbons (Fsp3) is 0.0385. The first-order valence-corrected chi connectivity index (χ1v) is 10.1. The predicted molar refractivity (Wildman–Crippen MR) is 123 cm³/mol. The number of rotatable bonds is 4. The number of nitrogens with zero attached hydrogens (tertiary/aromatic N) is 1. The molecule has 2 N–H and O–H groups in total. The molecule has 5 aromatic rings. The van der Waals surface area contributed by atoms with Crippen LogP contribution >= 0.6 is 11.6 Å². The summed E-state index contributed by atoms with van der Waals surface area (Å²) in [6, 6.07) is 31.2. The molecule has 4 aromatic carbocycles. The van der Waals surface area contributed by atoms with Crippen LogP contribution in [-0.4, -0.2) is 10.5 Å². The number of halogens is 1. The third-order valence-electron chi connectivity index (χ3n) is 5.42. The molecule has 4 heteroatoms. The summed E-state index contributed by atoms with van der Waals surface area (Å²) in [6.07, 6.45) is 0. The number of nitrogens with two attached hydrogens (primary N) is 1. The highest BCUT2D eigenvalue weighted by molar-refractivity contribution is 6.30. The monoisotopic (exact) mass is 409 g/mol. The van der Waals surface area contributed by atoms with Crippen LogP contribution in [0.15, 0.2) is 84.9 Å². The van der Waals surface area contributed by atoms with Crippen molar-refractivity contribution in [3.05, 3.63) is 107 Å². The van der Waals surface area contributed by atoms with Gasteiger partial charge in [0.1, 0.15) is 0 Å². The van der Waals surface area contributed by atoms with Gasteiger partial charge in [-0.25, -0.2) is 0 Å². The van der Waals surface area contributed by atoms with E-state index in [1.807, 2.05) is 60.7 Å². The fourth-order valence-electron chi connectivity index (χ4n) is 4.00. The number of carbonyl (C=O) groups excluding carboxylic acids is 1. The topological polar surface area (TPSA) is 48.0 Å². The van der Waals surface area contributed by atoms with Crippen molar-refractivity contribution in [3.63, 3.8) is 0 Å². The third-order valence-corrected chi connectivity index (χ3v) is 5.67. The van der Waals surface area contributed by atoms with Crippen molar-refractivity contribution in [2.75, 3.05) is 0 Å². The van der Waals surface area contributed by atoms with Crippen LogP contribution in [0.25, 0.3) is 32.9 Å². The van der Waals surface area contributed by atoms with Gasteiger partial charge in [-0.15, -0.1) is 0 Å². The van der Waals surface area contributed by atoms with Crippen molar-refractivity contribution < 1.29 is 4.79 Å². The molecule has 3 nitrogen and oxygen atoms in total. The molecule has 30 heavy (non-hydrogen) atoms. The maximum absolute atomic E-state index is 12.1. The molecule has 1 radical (unpaired) electrons. The van der Waals surface area contributed by atoms with Gasteiger partial charge in [0.15, 0.2) is 0 Å². The van der Waals surface area contributed by atoms with Crippen LogP contribution in [0.3, 0.4) is 0 Å². The first kappa shape index (κ1) is 18.5. The normalized spacial score (nSPS) is 11.2. The molecule has 1 amide bonds. The molecule has 0 atom stereocenters. The second-order valence-corrected chi connectivity index (χ2v) is 7.73. The minimum atomic E-state index is -0.438. The maximum Gasteiger partial charge on any atom is 0.249 e. The van der Waals surface area contributed by atoms with E-state index in [2.05, 4.69) is 28.8 Å². The number of hydrogen-bond donors (Lipinski definition) is 1. The van der Waals surface area contributed by atoms with Crippen LogP contribution in [0.2, 0.25) is 5.02 Å². The highest BCUT2D eigenvalue weighted by atomic mass is 35.5. The van der Waals surface area contributed by atoms with E-state index >= 15 is 0 Å².